The largest absolute Gasteiger partial charge is 0.316 e. The second-order valence-electron chi connectivity index (χ2n) is 5.44. The Balaban J connectivity index is 1.66. The summed E-state index contributed by atoms with van der Waals surface area (Å²) in [6, 6.07) is 4.97. The number of fused-ring (bicyclic) bond motifs is 1. The van der Waals surface area contributed by atoms with Gasteiger partial charge in [-0.05, 0) is 50.0 Å². The summed E-state index contributed by atoms with van der Waals surface area (Å²) in [7, 11) is 0. The van der Waals surface area contributed by atoms with Crippen molar-refractivity contribution in [2.24, 2.45) is 11.8 Å². The zero-order valence-corrected chi connectivity index (χ0v) is 11.1. The summed E-state index contributed by atoms with van der Waals surface area (Å²) < 4.78 is 13.8. The number of likely N-dealkylation sites (tertiary alicyclic amines) is 1. The van der Waals surface area contributed by atoms with Gasteiger partial charge < -0.3 is 5.32 Å². The number of nitrogens with one attached hydrogen (secondary N) is 1. The summed E-state index contributed by atoms with van der Waals surface area (Å²) >= 11 is 5.77. The van der Waals surface area contributed by atoms with Gasteiger partial charge in [-0.15, -0.1) is 0 Å². The number of rotatable bonds is 2. The van der Waals surface area contributed by atoms with E-state index in [4.69, 9.17) is 11.6 Å². The van der Waals surface area contributed by atoms with Crippen LogP contribution in [0.5, 0.6) is 0 Å². The summed E-state index contributed by atoms with van der Waals surface area (Å²) in [5.41, 5.74) is 0.754. The van der Waals surface area contributed by atoms with Crippen molar-refractivity contribution in [2.75, 3.05) is 26.2 Å². The van der Waals surface area contributed by atoms with Crippen LogP contribution in [-0.4, -0.2) is 31.1 Å². The molecule has 0 spiro atoms. The summed E-state index contributed by atoms with van der Waals surface area (Å²) in [5, 5.41) is 3.92. The van der Waals surface area contributed by atoms with Crippen molar-refractivity contribution in [2.45, 2.75) is 13.0 Å². The van der Waals surface area contributed by atoms with Gasteiger partial charge in [0.15, 0.2) is 0 Å². The van der Waals surface area contributed by atoms with Crippen molar-refractivity contribution in [3.63, 3.8) is 0 Å². The van der Waals surface area contributed by atoms with E-state index in [1.807, 2.05) is 0 Å². The van der Waals surface area contributed by atoms with E-state index in [1.165, 1.54) is 12.5 Å². The quantitative estimate of drug-likeness (QED) is 0.887. The van der Waals surface area contributed by atoms with Gasteiger partial charge in [-0.1, -0.05) is 17.7 Å². The van der Waals surface area contributed by atoms with Gasteiger partial charge in [-0.2, -0.15) is 0 Å². The van der Waals surface area contributed by atoms with Crippen LogP contribution in [0.1, 0.15) is 12.0 Å². The fourth-order valence-electron chi connectivity index (χ4n) is 3.14. The molecule has 1 N–H and O–H groups in total. The third-order valence-electron chi connectivity index (χ3n) is 4.20. The van der Waals surface area contributed by atoms with Gasteiger partial charge in [0.2, 0.25) is 0 Å². The van der Waals surface area contributed by atoms with Crippen LogP contribution in [0.25, 0.3) is 0 Å². The van der Waals surface area contributed by atoms with Crippen LogP contribution in [-0.2, 0) is 6.54 Å². The van der Waals surface area contributed by atoms with Crippen LogP contribution >= 0.6 is 11.6 Å². The molecule has 1 aromatic carbocycles. The van der Waals surface area contributed by atoms with E-state index < -0.39 is 0 Å². The molecule has 4 heteroatoms. The van der Waals surface area contributed by atoms with Crippen LogP contribution in [0.4, 0.5) is 4.39 Å². The van der Waals surface area contributed by atoms with Crippen LogP contribution in [0, 0.1) is 17.7 Å². The molecule has 0 aromatic heterocycles. The number of halogens is 2. The molecular formula is C14H18ClFN2. The Morgan fingerprint density at radius 3 is 3.00 bits per heavy atom. The fraction of sp³-hybridized carbons (Fsp3) is 0.571. The molecule has 18 heavy (non-hydrogen) atoms. The molecule has 2 unspecified atom stereocenters. The van der Waals surface area contributed by atoms with Crippen molar-refractivity contribution in [3.05, 3.63) is 34.6 Å². The molecule has 0 amide bonds. The maximum absolute atomic E-state index is 13.8. The second kappa shape index (κ2) is 5.16. The van der Waals surface area contributed by atoms with E-state index in [-0.39, 0.29) is 5.82 Å². The van der Waals surface area contributed by atoms with Gasteiger partial charge in [-0.3, -0.25) is 4.90 Å². The highest BCUT2D eigenvalue weighted by Crippen LogP contribution is 2.27. The minimum atomic E-state index is -0.186. The smallest absolute Gasteiger partial charge is 0.129 e. The Bertz CT molecular complexity index is 438. The molecular weight excluding hydrogens is 251 g/mol. The molecule has 0 radical (unpaired) electrons. The summed E-state index contributed by atoms with van der Waals surface area (Å²) in [4.78, 5) is 2.36. The predicted molar refractivity (Wildman–Crippen MR) is 71.2 cm³/mol. The van der Waals surface area contributed by atoms with Crippen LogP contribution in [0.3, 0.4) is 0 Å². The monoisotopic (exact) mass is 268 g/mol. The summed E-state index contributed by atoms with van der Waals surface area (Å²) in [6.45, 7) is 5.13. The van der Waals surface area contributed by atoms with E-state index in [0.717, 1.165) is 43.6 Å². The van der Waals surface area contributed by atoms with Crippen LogP contribution in [0.15, 0.2) is 18.2 Å². The molecule has 0 saturated carbocycles. The zero-order valence-electron chi connectivity index (χ0n) is 10.3. The number of nitrogens with zero attached hydrogens (tertiary/aromatic N) is 1. The molecule has 0 bridgehead atoms. The molecule has 2 aliphatic rings. The lowest BCUT2D eigenvalue weighted by atomic mass is 9.88. The first-order chi connectivity index (χ1) is 8.72. The lowest BCUT2D eigenvalue weighted by Gasteiger charge is -2.34. The number of piperidine rings is 1. The van der Waals surface area contributed by atoms with Crippen molar-refractivity contribution in [1.29, 1.82) is 0 Å². The molecule has 2 fully saturated rings. The van der Waals surface area contributed by atoms with Gasteiger partial charge >= 0.3 is 0 Å². The molecule has 0 aliphatic carbocycles. The Labute approximate surface area is 112 Å². The van der Waals surface area contributed by atoms with E-state index in [0.29, 0.717) is 11.6 Å². The van der Waals surface area contributed by atoms with E-state index in [2.05, 4.69) is 10.2 Å². The molecule has 98 valence electrons. The van der Waals surface area contributed by atoms with Gasteiger partial charge in [0.1, 0.15) is 5.82 Å². The summed E-state index contributed by atoms with van der Waals surface area (Å²) in [6.07, 6.45) is 1.23. The third-order valence-corrected chi connectivity index (χ3v) is 4.43. The van der Waals surface area contributed by atoms with Crippen LogP contribution in [0.2, 0.25) is 5.02 Å². The first-order valence-corrected chi connectivity index (χ1v) is 6.97. The second-order valence-corrected chi connectivity index (χ2v) is 5.87. The minimum absolute atomic E-state index is 0.186. The molecule has 2 aliphatic heterocycles. The average Bonchev–Trinajstić information content (AvgIpc) is 2.80. The Hall–Kier alpha value is -0.640. The van der Waals surface area contributed by atoms with Crippen molar-refractivity contribution < 1.29 is 4.39 Å². The molecule has 3 rings (SSSR count). The van der Waals surface area contributed by atoms with E-state index >= 15 is 0 Å². The van der Waals surface area contributed by atoms with Crippen molar-refractivity contribution >= 4 is 11.6 Å². The number of hydrogen-bond donors (Lipinski definition) is 1. The van der Waals surface area contributed by atoms with E-state index in [1.54, 1.807) is 12.1 Å². The highest BCUT2D eigenvalue weighted by Gasteiger charge is 2.32. The van der Waals surface area contributed by atoms with E-state index in [9.17, 15) is 4.39 Å². The predicted octanol–water partition coefficient (Wildman–Crippen LogP) is 2.52. The van der Waals surface area contributed by atoms with Gasteiger partial charge in [0.25, 0.3) is 0 Å². The lowest BCUT2D eigenvalue weighted by molar-refractivity contribution is 0.141. The Morgan fingerprint density at radius 2 is 2.17 bits per heavy atom. The molecule has 1 aromatic rings. The maximum Gasteiger partial charge on any atom is 0.129 e. The van der Waals surface area contributed by atoms with Crippen molar-refractivity contribution in [1.82, 2.24) is 10.2 Å². The lowest BCUT2D eigenvalue weighted by Crippen LogP contribution is -2.39. The summed E-state index contributed by atoms with van der Waals surface area (Å²) in [5.74, 6) is 1.39. The van der Waals surface area contributed by atoms with Gasteiger partial charge in [-0.25, -0.2) is 4.39 Å². The molecule has 2 nitrogen and oxygen atoms in total. The molecule has 2 saturated heterocycles. The Morgan fingerprint density at radius 1 is 1.33 bits per heavy atom. The van der Waals surface area contributed by atoms with Gasteiger partial charge in [0.05, 0.1) is 0 Å². The first-order valence-electron chi connectivity index (χ1n) is 6.59. The first kappa shape index (κ1) is 12.4. The number of hydrogen-bond acceptors (Lipinski definition) is 2. The minimum Gasteiger partial charge on any atom is -0.316 e. The average molecular weight is 269 g/mol. The molecule has 2 atom stereocenters. The fourth-order valence-corrected chi connectivity index (χ4v) is 3.30. The highest BCUT2D eigenvalue weighted by molar-refractivity contribution is 6.30. The Kier molecular flexibility index (Phi) is 3.55. The normalized spacial score (nSPS) is 28.3. The topological polar surface area (TPSA) is 15.3 Å². The van der Waals surface area contributed by atoms with Gasteiger partial charge in [0, 0.05) is 23.7 Å². The standard InChI is InChI=1S/C14H18ClFN2/c15-13-2-1-11(14(16)5-13)8-18-4-3-10-6-17-7-12(10)9-18/h1-2,5,10,12,17H,3-4,6-9H2. The third kappa shape index (κ3) is 2.53. The zero-order chi connectivity index (χ0) is 12.5. The maximum atomic E-state index is 13.8. The SMILES string of the molecule is Fc1cc(Cl)ccc1CN1CCC2CNCC2C1. The highest BCUT2D eigenvalue weighted by atomic mass is 35.5. The van der Waals surface area contributed by atoms with Crippen LogP contribution < -0.4 is 5.32 Å². The molecule has 2 heterocycles. The number of benzene rings is 1. The van der Waals surface area contributed by atoms with Crippen molar-refractivity contribution in [3.8, 4) is 0 Å².